The van der Waals surface area contributed by atoms with E-state index in [1.54, 1.807) is 37.3 Å². The van der Waals surface area contributed by atoms with E-state index in [0.717, 1.165) is 24.2 Å². The Bertz CT molecular complexity index is 1580. The summed E-state index contributed by atoms with van der Waals surface area (Å²) in [6.07, 6.45) is 4.89. The van der Waals surface area contributed by atoms with E-state index in [4.69, 9.17) is 9.47 Å². The number of thiazole rings is 1. The standard InChI is InChI=1S/C28H27N3O6S/c1-4-6-16-36-21-13-11-19(12-14-21)25-24(27(33)37-15-5-2)18(3)29-28-30(25)26(32)23(38-28)17-20-9-7-8-10-22(20)31(34)35/h5,7-14,17,25H,2,4,6,15-16H2,1,3H3. The zero-order valence-corrected chi connectivity index (χ0v) is 21.9. The molecule has 9 nitrogen and oxygen atoms in total. The van der Waals surface area contributed by atoms with Gasteiger partial charge in [-0.05, 0) is 43.2 Å². The highest BCUT2D eigenvalue weighted by Gasteiger charge is 2.33. The third-order valence-corrected chi connectivity index (χ3v) is 6.94. The average molecular weight is 534 g/mol. The summed E-state index contributed by atoms with van der Waals surface area (Å²) in [6, 6.07) is 12.6. The number of esters is 1. The second-order valence-corrected chi connectivity index (χ2v) is 9.57. The van der Waals surface area contributed by atoms with Gasteiger partial charge in [-0.3, -0.25) is 19.5 Å². The van der Waals surface area contributed by atoms with Crippen LogP contribution < -0.4 is 19.6 Å². The highest BCUT2D eigenvalue weighted by Crippen LogP contribution is 2.31. The van der Waals surface area contributed by atoms with Gasteiger partial charge < -0.3 is 9.47 Å². The van der Waals surface area contributed by atoms with Crippen molar-refractivity contribution in [2.75, 3.05) is 13.2 Å². The predicted octanol–water partition coefficient (Wildman–Crippen LogP) is 4.05. The molecule has 38 heavy (non-hydrogen) atoms. The summed E-state index contributed by atoms with van der Waals surface area (Å²) < 4.78 is 12.8. The molecule has 0 radical (unpaired) electrons. The summed E-state index contributed by atoms with van der Waals surface area (Å²) >= 11 is 1.11. The molecule has 1 aromatic heterocycles. The number of carbonyl (C=O) groups is 1. The molecule has 1 aliphatic heterocycles. The number of ether oxygens (including phenoxy) is 2. The number of nitro benzene ring substituents is 1. The number of rotatable bonds is 10. The van der Waals surface area contributed by atoms with E-state index in [2.05, 4.69) is 18.5 Å². The van der Waals surface area contributed by atoms with Gasteiger partial charge in [0.15, 0.2) is 4.80 Å². The van der Waals surface area contributed by atoms with Crippen LogP contribution in [0.4, 0.5) is 5.69 Å². The van der Waals surface area contributed by atoms with Crippen molar-refractivity contribution in [3.63, 3.8) is 0 Å². The van der Waals surface area contributed by atoms with Crippen LogP contribution in [0.25, 0.3) is 6.08 Å². The first kappa shape index (κ1) is 26.7. The summed E-state index contributed by atoms with van der Waals surface area (Å²) in [7, 11) is 0. The minimum atomic E-state index is -0.804. The van der Waals surface area contributed by atoms with E-state index in [1.165, 1.54) is 22.8 Å². The van der Waals surface area contributed by atoms with Crippen LogP contribution in [-0.2, 0) is 9.53 Å². The lowest BCUT2D eigenvalue weighted by Crippen LogP contribution is -2.39. The maximum absolute atomic E-state index is 13.7. The molecule has 0 aliphatic carbocycles. The zero-order chi connectivity index (χ0) is 27.2. The first-order valence-corrected chi connectivity index (χ1v) is 12.9. The largest absolute Gasteiger partial charge is 0.494 e. The lowest BCUT2D eigenvalue weighted by molar-refractivity contribution is -0.385. The second kappa shape index (κ2) is 11.8. The summed E-state index contributed by atoms with van der Waals surface area (Å²) in [4.78, 5) is 42.8. The molecular weight excluding hydrogens is 506 g/mol. The van der Waals surface area contributed by atoms with Crippen LogP contribution in [0, 0.1) is 10.1 Å². The van der Waals surface area contributed by atoms with Crippen LogP contribution in [0.15, 0.2) is 82.2 Å². The number of unbranched alkanes of at least 4 members (excludes halogenated alkanes) is 1. The van der Waals surface area contributed by atoms with E-state index in [0.29, 0.717) is 34.0 Å². The fourth-order valence-corrected chi connectivity index (χ4v) is 5.15. The van der Waals surface area contributed by atoms with Crippen molar-refractivity contribution in [1.29, 1.82) is 0 Å². The van der Waals surface area contributed by atoms with E-state index in [-0.39, 0.29) is 22.4 Å². The van der Waals surface area contributed by atoms with E-state index in [1.807, 2.05) is 12.1 Å². The molecule has 0 fully saturated rings. The van der Waals surface area contributed by atoms with Gasteiger partial charge in [0, 0.05) is 6.07 Å². The molecule has 196 valence electrons. The van der Waals surface area contributed by atoms with Gasteiger partial charge in [-0.2, -0.15) is 0 Å². The molecule has 1 aliphatic rings. The van der Waals surface area contributed by atoms with Gasteiger partial charge >= 0.3 is 5.97 Å². The molecule has 10 heteroatoms. The summed E-state index contributed by atoms with van der Waals surface area (Å²) in [6.45, 7) is 7.97. The van der Waals surface area contributed by atoms with Crippen molar-refractivity contribution in [3.8, 4) is 5.75 Å². The smallest absolute Gasteiger partial charge is 0.338 e. The lowest BCUT2D eigenvalue weighted by atomic mass is 9.96. The van der Waals surface area contributed by atoms with Crippen LogP contribution in [0.1, 0.15) is 43.9 Å². The van der Waals surface area contributed by atoms with Gasteiger partial charge in [-0.1, -0.05) is 61.6 Å². The monoisotopic (exact) mass is 533 g/mol. The quantitative estimate of drug-likeness (QED) is 0.128. The number of nitro groups is 1. The summed E-state index contributed by atoms with van der Waals surface area (Å²) in [5.74, 6) is 0.0786. The Balaban J connectivity index is 1.86. The van der Waals surface area contributed by atoms with Crippen molar-refractivity contribution < 1.29 is 19.2 Å². The topological polar surface area (TPSA) is 113 Å². The molecule has 0 saturated heterocycles. The number of allylic oxidation sites excluding steroid dienone is 1. The molecule has 1 atom stereocenters. The van der Waals surface area contributed by atoms with E-state index >= 15 is 0 Å². The Kier molecular flexibility index (Phi) is 8.32. The van der Waals surface area contributed by atoms with Gasteiger partial charge in [0.2, 0.25) is 0 Å². The molecule has 0 bridgehead atoms. The summed E-state index contributed by atoms with van der Waals surface area (Å²) in [5, 5.41) is 11.5. The predicted molar refractivity (Wildman–Crippen MR) is 145 cm³/mol. The first-order valence-electron chi connectivity index (χ1n) is 12.1. The van der Waals surface area contributed by atoms with Crippen molar-refractivity contribution in [2.24, 2.45) is 4.99 Å². The molecule has 1 unspecified atom stereocenters. The number of benzene rings is 2. The molecule has 0 N–H and O–H groups in total. The molecule has 4 rings (SSSR count). The van der Waals surface area contributed by atoms with Gasteiger partial charge in [0.25, 0.3) is 11.2 Å². The molecule has 2 aromatic carbocycles. The van der Waals surface area contributed by atoms with E-state index in [9.17, 15) is 19.7 Å². The molecular formula is C28H27N3O6S. The van der Waals surface area contributed by atoms with Crippen molar-refractivity contribution >= 4 is 29.1 Å². The van der Waals surface area contributed by atoms with Crippen LogP contribution in [0.2, 0.25) is 0 Å². The maximum atomic E-state index is 13.7. The fourth-order valence-electron chi connectivity index (χ4n) is 4.11. The highest BCUT2D eigenvalue weighted by atomic mass is 32.1. The number of hydrogen-bond donors (Lipinski definition) is 0. The Morgan fingerprint density at radius 1 is 1.24 bits per heavy atom. The van der Waals surface area contributed by atoms with E-state index < -0.39 is 22.5 Å². The molecule has 3 aromatic rings. The van der Waals surface area contributed by atoms with Gasteiger partial charge in [0.05, 0.1) is 38.9 Å². The van der Waals surface area contributed by atoms with Crippen molar-refractivity contribution in [3.05, 3.63) is 113 Å². The third kappa shape index (κ3) is 5.50. The Hall–Kier alpha value is -4.31. The SMILES string of the molecule is C=CCOC(=O)C1=C(C)N=c2sc(=Cc3ccccc3[N+](=O)[O-])c(=O)n2C1c1ccc(OCCCC)cc1. The zero-order valence-electron chi connectivity index (χ0n) is 21.1. The van der Waals surface area contributed by atoms with Crippen molar-refractivity contribution in [1.82, 2.24) is 4.57 Å². The minimum absolute atomic E-state index is 0.00857. The second-order valence-electron chi connectivity index (χ2n) is 8.56. The molecule has 0 spiro atoms. The van der Waals surface area contributed by atoms with Crippen LogP contribution in [-0.4, -0.2) is 28.7 Å². The first-order chi connectivity index (χ1) is 18.3. The number of carbonyl (C=O) groups excluding carboxylic acids is 1. The summed E-state index contributed by atoms with van der Waals surface area (Å²) in [5.41, 5.74) is 1.10. The Labute approximate surface area is 222 Å². The average Bonchev–Trinajstić information content (AvgIpc) is 3.21. The van der Waals surface area contributed by atoms with Gasteiger partial charge in [0.1, 0.15) is 12.4 Å². The fraction of sp³-hybridized carbons (Fsp3) is 0.250. The van der Waals surface area contributed by atoms with Crippen LogP contribution in [0.3, 0.4) is 0 Å². The number of aromatic nitrogens is 1. The van der Waals surface area contributed by atoms with Crippen molar-refractivity contribution in [2.45, 2.75) is 32.7 Å². The van der Waals surface area contributed by atoms with Crippen LogP contribution in [0.5, 0.6) is 5.75 Å². The number of nitrogens with zero attached hydrogens (tertiary/aromatic N) is 3. The van der Waals surface area contributed by atoms with Gasteiger partial charge in [-0.15, -0.1) is 0 Å². The van der Waals surface area contributed by atoms with Gasteiger partial charge in [-0.25, -0.2) is 9.79 Å². The highest BCUT2D eigenvalue weighted by molar-refractivity contribution is 7.07. The number of para-hydroxylation sites is 1. The normalized spacial score (nSPS) is 15.0. The maximum Gasteiger partial charge on any atom is 0.338 e. The minimum Gasteiger partial charge on any atom is -0.494 e. The Morgan fingerprint density at radius 3 is 2.66 bits per heavy atom. The third-order valence-electron chi connectivity index (χ3n) is 5.96. The molecule has 0 saturated carbocycles. The number of hydrogen-bond acceptors (Lipinski definition) is 8. The molecule has 2 heterocycles. The van der Waals surface area contributed by atoms with Crippen LogP contribution >= 0.6 is 11.3 Å². The molecule has 0 amide bonds. The number of fused-ring (bicyclic) bond motifs is 1. The lowest BCUT2D eigenvalue weighted by Gasteiger charge is -2.24. The Morgan fingerprint density at radius 2 is 1.97 bits per heavy atom.